The van der Waals surface area contributed by atoms with E-state index in [4.69, 9.17) is 13.9 Å². The lowest BCUT2D eigenvalue weighted by Gasteiger charge is -2.21. The molecule has 1 atom stereocenters. The largest absolute Gasteiger partial charge is 0.424 e. The Labute approximate surface area is 57.2 Å². The first kappa shape index (κ1) is 7.21. The average molecular weight is 148 g/mol. The summed E-state index contributed by atoms with van der Waals surface area (Å²) < 4.78 is 15.5. The van der Waals surface area contributed by atoms with Gasteiger partial charge in [-0.3, -0.25) is 0 Å². The summed E-state index contributed by atoms with van der Waals surface area (Å²) in [5.74, 6) is 0. The van der Waals surface area contributed by atoms with E-state index in [1.54, 1.807) is 7.11 Å². The van der Waals surface area contributed by atoms with Crippen molar-refractivity contribution in [1.82, 2.24) is 0 Å². The number of ether oxygens (including phenoxy) is 2. The molecule has 3 nitrogen and oxygen atoms in total. The summed E-state index contributed by atoms with van der Waals surface area (Å²) in [5.41, 5.74) is 0.295. The van der Waals surface area contributed by atoms with Crippen LogP contribution in [0.1, 0.15) is 0 Å². The Bertz CT molecular complexity index is 69.8. The smallest absolute Gasteiger partial charge is 0.192 e. The maximum Gasteiger partial charge on any atom is 0.192 e. The molecule has 1 heterocycles. The van der Waals surface area contributed by atoms with Crippen LogP contribution in [0.3, 0.4) is 0 Å². The maximum absolute atomic E-state index is 5.33. The highest BCUT2D eigenvalue weighted by atomic mass is 28.2. The Hall–Kier alpha value is 0.0969. The topological polar surface area (TPSA) is 27.7 Å². The average Bonchev–Trinajstić information content (AvgIpc) is 1.91. The fraction of sp³-hybridized carbons (Fsp3) is 1.00. The second kappa shape index (κ2) is 4.00. The van der Waals surface area contributed by atoms with Crippen LogP contribution in [0, 0.1) is 0 Å². The molecule has 4 heteroatoms. The number of hydrogen-bond acceptors (Lipinski definition) is 3. The van der Waals surface area contributed by atoms with Gasteiger partial charge in [-0.15, -0.1) is 0 Å². The zero-order valence-electron chi connectivity index (χ0n) is 5.63. The molecule has 1 rings (SSSR count). The lowest BCUT2D eigenvalue weighted by Crippen LogP contribution is -2.34. The van der Waals surface area contributed by atoms with Gasteiger partial charge in [-0.1, -0.05) is 0 Å². The van der Waals surface area contributed by atoms with Crippen molar-refractivity contribution in [2.75, 3.05) is 26.9 Å². The molecule has 1 aliphatic rings. The zero-order chi connectivity index (χ0) is 6.53. The molecule has 1 fully saturated rings. The fourth-order valence-electron chi connectivity index (χ4n) is 0.819. The second-order valence-electron chi connectivity index (χ2n) is 2.02. The minimum atomic E-state index is -0.471. The lowest BCUT2D eigenvalue weighted by molar-refractivity contribution is -0.0589. The van der Waals surface area contributed by atoms with E-state index in [0.717, 1.165) is 19.8 Å². The lowest BCUT2D eigenvalue weighted by atomic mass is 10.6. The van der Waals surface area contributed by atoms with Crippen LogP contribution in [0.2, 0.25) is 0 Å². The minimum Gasteiger partial charge on any atom is -0.424 e. The zero-order valence-corrected chi connectivity index (χ0v) is 7.04. The molecule has 0 saturated carbocycles. The van der Waals surface area contributed by atoms with Crippen LogP contribution in [-0.4, -0.2) is 42.4 Å². The van der Waals surface area contributed by atoms with Crippen molar-refractivity contribution in [3.8, 4) is 0 Å². The van der Waals surface area contributed by atoms with Gasteiger partial charge in [0.1, 0.15) is 0 Å². The van der Waals surface area contributed by atoms with Gasteiger partial charge in [0.2, 0.25) is 0 Å². The summed E-state index contributed by atoms with van der Waals surface area (Å²) in [5, 5.41) is 0. The summed E-state index contributed by atoms with van der Waals surface area (Å²) in [6.45, 7) is 2.22. The molecular weight excluding hydrogens is 136 g/mol. The van der Waals surface area contributed by atoms with E-state index < -0.39 is 9.76 Å². The Kier molecular flexibility index (Phi) is 3.20. The highest BCUT2D eigenvalue weighted by Gasteiger charge is 2.13. The Morgan fingerprint density at radius 2 is 2.44 bits per heavy atom. The normalized spacial score (nSPS) is 29.7. The third-order valence-corrected chi connectivity index (χ3v) is 2.41. The SMILES string of the molecule is CO[SiH2]C1COCCO1. The molecular formula is C5H12O3Si. The third-order valence-electron chi connectivity index (χ3n) is 1.24. The highest BCUT2D eigenvalue weighted by Crippen LogP contribution is 1.97. The summed E-state index contributed by atoms with van der Waals surface area (Å²) in [7, 11) is 1.26. The van der Waals surface area contributed by atoms with Crippen molar-refractivity contribution >= 4 is 9.76 Å². The highest BCUT2D eigenvalue weighted by molar-refractivity contribution is 6.29. The van der Waals surface area contributed by atoms with Crippen LogP contribution in [0.25, 0.3) is 0 Å². The summed E-state index contributed by atoms with van der Waals surface area (Å²) >= 11 is 0. The summed E-state index contributed by atoms with van der Waals surface area (Å²) in [6, 6.07) is 0. The summed E-state index contributed by atoms with van der Waals surface area (Å²) in [6.07, 6.45) is 0. The van der Waals surface area contributed by atoms with Crippen LogP contribution in [0.4, 0.5) is 0 Å². The molecule has 0 radical (unpaired) electrons. The Balaban J connectivity index is 2.08. The number of rotatable bonds is 2. The molecule has 0 spiro atoms. The Morgan fingerprint density at radius 1 is 1.56 bits per heavy atom. The molecule has 1 aliphatic heterocycles. The molecule has 0 aromatic carbocycles. The standard InChI is InChI=1S/C5H12O3Si/c1-6-9-5-4-7-2-3-8-5/h5H,2-4,9H2,1H3. The van der Waals surface area contributed by atoms with Crippen molar-refractivity contribution in [3.63, 3.8) is 0 Å². The van der Waals surface area contributed by atoms with E-state index >= 15 is 0 Å². The van der Waals surface area contributed by atoms with Gasteiger partial charge in [0, 0.05) is 7.11 Å². The van der Waals surface area contributed by atoms with Crippen molar-refractivity contribution in [2.24, 2.45) is 0 Å². The van der Waals surface area contributed by atoms with Gasteiger partial charge >= 0.3 is 0 Å². The molecule has 1 unspecified atom stereocenters. The Morgan fingerprint density at radius 3 is 3.00 bits per heavy atom. The van der Waals surface area contributed by atoms with Crippen molar-refractivity contribution < 1.29 is 13.9 Å². The van der Waals surface area contributed by atoms with E-state index in [0.29, 0.717) is 5.73 Å². The van der Waals surface area contributed by atoms with E-state index in [9.17, 15) is 0 Å². The van der Waals surface area contributed by atoms with Crippen LogP contribution in [-0.2, 0) is 13.9 Å². The van der Waals surface area contributed by atoms with E-state index in [2.05, 4.69) is 0 Å². The van der Waals surface area contributed by atoms with Gasteiger partial charge in [-0.2, -0.15) is 0 Å². The molecule has 0 bridgehead atoms. The first-order chi connectivity index (χ1) is 4.43. The van der Waals surface area contributed by atoms with Crippen LogP contribution >= 0.6 is 0 Å². The van der Waals surface area contributed by atoms with Gasteiger partial charge in [-0.05, 0) is 0 Å². The van der Waals surface area contributed by atoms with E-state index in [-0.39, 0.29) is 0 Å². The van der Waals surface area contributed by atoms with Gasteiger partial charge in [-0.25, -0.2) is 0 Å². The van der Waals surface area contributed by atoms with Gasteiger partial charge in [0.05, 0.1) is 25.5 Å². The van der Waals surface area contributed by atoms with Crippen LogP contribution in [0.5, 0.6) is 0 Å². The molecule has 9 heavy (non-hydrogen) atoms. The minimum absolute atomic E-state index is 0.295. The molecule has 0 aromatic heterocycles. The van der Waals surface area contributed by atoms with Gasteiger partial charge < -0.3 is 13.9 Å². The monoisotopic (exact) mass is 148 g/mol. The number of hydrogen-bond donors (Lipinski definition) is 0. The summed E-state index contributed by atoms with van der Waals surface area (Å²) in [4.78, 5) is 0. The van der Waals surface area contributed by atoms with Gasteiger partial charge in [0.25, 0.3) is 0 Å². The molecule has 0 amide bonds. The quantitative estimate of drug-likeness (QED) is 0.474. The fourth-order valence-corrected chi connectivity index (χ4v) is 1.72. The maximum atomic E-state index is 5.33. The predicted octanol–water partition coefficient (Wildman–Crippen LogP) is -0.911. The van der Waals surface area contributed by atoms with E-state index in [1.807, 2.05) is 0 Å². The van der Waals surface area contributed by atoms with Crippen molar-refractivity contribution in [2.45, 2.75) is 5.73 Å². The van der Waals surface area contributed by atoms with E-state index in [1.165, 1.54) is 0 Å². The van der Waals surface area contributed by atoms with Gasteiger partial charge in [0.15, 0.2) is 9.76 Å². The molecule has 0 N–H and O–H groups in total. The molecule has 1 saturated heterocycles. The van der Waals surface area contributed by atoms with Crippen molar-refractivity contribution in [3.05, 3.63) is 0 Å². The second-order valence-corrected chi connectivity index (χ2v) is 3.84. The molecule has 0 aliphatic carbocycles. The predicted molar refractivity (Wildman–Crippen MR) is 36.1 cm³/mol. The van der Waals surface area contributed by atoms with Crippen LogP contribution < -0.4 is 0 Å². The first-order valence-electron chi connectivity index (χ1n) is 3.12. The van der Waals surface area contributed by atoms with Crippen molar-refractivity contribution in [1.29, 1.82) is 0 Å². The molecule has 0 aromatic rings. The van der Waals surface area contributed by atoms with Crippen LogP contribution in [0.15, 0.2) is 0 Å². The first-order valence-corrected chi connectivity index (χ1v) is 4.51. The third kappa shape index (κ3) is 2.44. The molecule has 54 valence electrons.